The first-order chi connectivity index (χ1) is 12.1. The summed E-state index contributed by atoms with van der Waals surface area (Å²) in [4.78, 5) is 28.5. The molecule has 1 saturated heterocycles. The van der Waals surface area contributed by atoms with Crippen LogP contribution in [0.2, 0.25) is 5.02 Å². The van der Waals surface area contributed by atoms with E-state index >= 15 is 0 Å². The van der Waals surface area contributed by atoms with Crippen molar-refractivity contribution in [3.05, 3.63) is 52.4 Å². The van der Waals surface area contributed by atoms with Gasteiger partial charge in [0.1, 0.15) is 5.76 Å². The first-order valence-corrected chi connectivity index (χ1v) is 8.80. The Morgan fingerprint density at radius 1 is 1.00 bits per heavy atom. The van der Waals surface area contributed by atoms with E-state index in [1.165, 1.54) is 0 Å². The molecule has 1 aliphatic carbocycles. The van der Waals surface area contributed by atoms with Crippen LogP contribution in [0.25, 0.3) is 0 Å². The van der Waals surface area contributed by atoms with E-state index in [4.69, 9.17) is 16.1 Å². The lowest BCUT2D eigenvalue weighted by Gasteiger charge is -2.34. The maximum atomic E-state index is 12.5. The smallest absolute Gasteiger partial charge is 0.276 e. The lowest BCUT2D eigenvalue weighted by atomic mass is 10.1. The van der Waals surface area contributed by atoms with E-state index in [2.05, 4.69) is 5.16 Å². The molecule has 0 spiro atoms. The van der Waals surface area contributed by atoms with Crippen molar-refractivity contribution in [2.45, 2.75) is 18.8 Å². The number of nitrogens with zero attached hydrogens (tertiary/aromatic N) is 3. The molecule has 2 aliphatic rings. The lowest BCUT2D eigenvalue weighted by Crippen LogP contribution is -2.50. The highest BCUT2D eigenvalue weighted by Crippen LogP contribution is 2.40. The summed E-state index contributed by atoms with van der Waals surface area (Å²) in [5.74, 6) is 1.07. The molecule has 25 heavy (non-hydrogen) atoms. The van der Waals surface area contributed by atoms with Gasteiger partial charge < -0.3 is 14.3 Å². The first-order valence-electron chi connectivity index (χ1n) is 8.42. The highest BCUT2D eigenvalue weighted by atomic mass is 35.5. The lowest BCUT2D eigenvalue weighted by molar-refractivity contribution is 0.0530. The number of hydrogen-bond donors (Lipinski definition) is 0. The molecule has 4 rings (SSSR count). The summed E-state index contributed by atoms with van der Waals surface area (Å²) in [6, 6.07) is 8.60. The summed E-state index contributed by atoms with van der Waals surface area (Å²) in [7, 11) is 0. The molecule has 1 saturated carbocycles. The highest BCUT2D eigenvalue weighted by Gasteiger charge is 2.31. The van der Waals surface area contributed by atoms with Gasteiger partial charge in [-0.1, -0.05) is 16.8 Å². The number of carbonyl (C=O) groups excluding carboxylic acids is 2. The van der Waals surface area contributed by atoms with Crippen molar-refractivity contribution in [3.63, 3.8) is 0 Å². The number of halogens is 1. The van der Waals surface area contributed by atoms with E-state index in [9.17, 15) is 9.59 Å². The zero-order chi connectivity index (χ0) is 17.4. The van der Waals surface area contributed by atoms with Crippen LogP contribution in [-0.2, 0) is 0 Å². The van der Waals surface area contributed by atoms with Crippen LogP contribution in [0.4, 0.5) is 0 Å². The number of carbonyl (C=O) groups is 2. The fourth-order valence-electron chi connectivity index (χ4n) is 3.00. The van der Waals surface area contributed by atoms with E-state index in [1.54, 1.807) is 40.1 Å². The van der Waals surface area contributed by atoms with Crippen molar-refractivity contribution >= 4 is 23.4 Å². The van der Waals surface area contributed by atoms with Gasteiger partial charge >= 0.3 is 0 Å². The number of amides is 2. The Kier molecular flexibility index (Phi) is 4.21. The minimum Gasteiger partial charge on any atom is -0.360 e. The molecule has 130 valence electrons. The van der Waals surface area contributed by atoms with Crippen molar-refractivity contribution in [1.82, 2.24) is 15.0 Å². The van der Waals surface area contributed by atoms with Gasteiger partial charge in [0.15, 0.2) is 5.69 Å². The third-order valence-corrected chi connectivity index (χ3v) is 4.92. The third kappa shape index (κ3) is 3.39. The normalized spacial score (nSPS) is 17.6. The number of aromatic nitrogens is 1. The Hall–Kier alpha value is -2.34. The molecule has 2 fully saturated rings. The molecule has 0 atom stereocenters. The van der Waals surface area contributed by atoms with E-state index in [0.717, 1.165) is 18.6 Å². The highest BCUT2D eigenvalue weighted by molar-refractivity contribution is 6.30. The molecule has 1 aliphatic heterocycles. The second kappa shape index (κ2) is 6.52. The second-order valence-electron chi connectivity index (χ2n) is 6.48. The van der Waals surface area contributed by atoms with Crippen LogP contribution in [0.3, 0.4) is 0 Å². The predicted octanol–water partition coefficient (Wildman–Crippen LogP) is 2.80. The van der Waals surface area contributed by atoms with Gasteiger partial charge in [0.05, 0.1) is 0 Å². The second-order valence-corrected chi connectivity index (χ2v) is 6.92. The molecule has 1 aromatic heterocycles. The van der Waals surface area contributed by atoms with Crippen LogP contribution >= 0.6 is 11.6 Å². The van der Waals surface area contributed by atoms with Gasteiger partial charge in [0, 0.05) is 48.7 Å². The van der Waals surface area contributed by atoms with Crippen molar-refractivity contribution in [2.24, 2.45) is 0 Å². The van der Waals surface area contributed by atoms with Crippen molar-refractivity contribution in [1.29, 1.82) is 0 Å². The maximum Gasteiger partial charge on any atom is 0.276 e. The summed E-state index contributed by atoms with van der Waals surface area (Å²) in [5, 5.41) is 4.51. The number of rotatable bonds is 3. The molecular weight excluding hydrogens is 342 g/mol. The zero-order valence-electron chi connectivity index (χ0n) is 13.7. The molecule has 7 heteroatoms. The Bertz CT molecular complexity index is 790. The van der Waals surface area contributed by atoms with E-state index in [1.807, 2.05) is 0 Å². The maximum absolute atomic E-state index is 12.5. The summed E-state index contributed by atoms with van der Waals surface area (Å²) < 4.78 is 5.25. The summed E-state index contributed by atoms with van der Waals surface area (Å²) in [5.41, 5.74) is 0.967. The average molecular weight is 360 g/mol. The Morgan fingerprint density at radius 2 is 1.60 bits per heavy atom. The molecule has 2 aromatic rings. The van der Waals surface area contributed by atoms with Gasteiger partial charge in [0.25, 0.3) is 11.8 Å². The van der Waals surface area contributed by atoms with Crippen molar-refractivity contribution < 1.29 is 14.1 Å². The number of benzene rings is 1. The quantitative estimate of drug-likeness (QED) is 0.845. The Balaban J connectivity index is 1.36. The standard InChI is InChI=1S/C18H18ClN3O3/c19-14-5-3-13(4-6-14)17(23)21-7-9-22(10-8-21)18(24)15-11-16(25-20-15)12-1-2-12/h3-6,11-12H,1-2,7-10H2. The van der Waals surface area contributed by atoms with Crippen LogP contribution in [0, 0.1) is 0 Å². The number of piperazine rings is 1. The minimum atomic E-state index is -0.130. The van der Waals surface area contributed by atoms with Gasteiger partial charge in [-0.3, -0.25) is 9.59 Å². The fourth-order valence-corrected chi connectivity index (χ4v) is 3.13. The Morgan fingerprint density at radius 3 is 2.20 bits per heavy atom. The first kappa shape index (κ1) is 16.1. The molecule has 0 radical (unpaired) electrons. The largest absolute Gasteiger partial charge is 0.360 e. The summed E-state index contributed by atoms with van der Waals surface area (Å²) in [6.07, 6.45) is 2.21. The molecule has 0 bridgehead atoms. The average Bonchev–Trinajstić information content (AvgIpc) is 3.38. The van der Waals surface area contributed by atoms with E-state index in [-0.39, 0.29) is 11.8 Å². The SMILES string of the molecule is O=C(c1ccc(Cl)cc1)N1CCN(C(=O)c2cc(C3CC3)on2)CC1. The molecule has 2 heterocycles. The van der Waals surface area contributed by atoms with Gasteiger partial charge in [-0.15, -0.1) is 0 Å². The van der Waals surface area contributed by atoms with Crippen LogP contribution in [0.5, 0.6) is 0 Å². The van der Waals surface area contributed by atoms with E-state index < -0.39 is 0 Å². The molecule has 6 nitrogen and oxygen atoms in total. The zero-order valence-corrected chi connectivity index (χ0v) is 14.4. The van der Waals surface area contributed by atoms with Gasteiger partial charge in [-0.05, 0) is 37.1 Å². The summed E-state index contributed by atoms with van der Waals surface area (Å²) in [6.45, 7) is 1.98. The monoisotopic (exact) mass is 359 g/mol. The molecule has 0 unspecified atom stereocenters. The van der Waals surface area contributed by atoms with E-state index in [0.29, 0.717) is 48.4 Å². The van der Waals surface area contributed by atoms with Crippen molar-refractivity contribution in [2.75, 3.05) is 26.2 Å². The summed E-state index contributed by atoms with van der Waals surface area (Å²) >= 11 is 5.86. The van der Waals surface area contributed by atoms with Gasteiger partial charge in [-0.25, -0.2) is 0 Å². The Labute approximate surface area is 150 Å². The van der Waals surface area contributed by atoms with Crippen LogP contribution in [0.15, 0.2) is 34.9 Å². The van der Waals surface area contributed by atoms with Gasteiger partial charge in [-0.2, -0.15) is 0 Å². The molecular formula is C18H18ClN3O3. The fraction of sp³-hybridized carbons (Fsp3) is 0.389. The predicted molar refractivity (Wildman–Crippen MR) is 91.7 cm³/mol. The minimum absolute atomic E-state index is 0.0405. The topological polar surface area (TPSA) is 66.7 Å². The van der Waals surface area contributed by atoms with Gasteiger partial charge in [0.2, 0.25) is 0 Å². The van der Waals surface area contributed by atoms with Crippen LogP contribution in [0.1, 0.15) is 45.4 Å². The van der Waals surface area contributed by atoms with Crippen LogP contribution in [-0.4, -0.2) is 52.9 Å². The number of hydrogen-bond acceptors (Lipinski definition) is 4. The molecule has 1 aromatic carbocycles. The van der Waals surface area contributed by atoms with Crippen LogP contribution < -0.4 is 0 Å². The molecule has 0 N–H and O–H groups in total. The van der Waals surface area contributed by atoms with Crippen molar-refractivity contribution in [3.8, 4) is 0 Å². The third-order valence-electron chi connectivity index (χ3n) is 4.67. The molecule has 2 amide bonds.